The third-order valence-corrected chi connectivity index (χ3v) is 1.13. The maximum Gasteiger partial charge on any atom is 0.266 e. The Morgan fingerprint density at radius 2 is 1.88 bits per heavy atom. The molecule has 1 radical (unpaired) electrons. The fraction of sp³-hybridized carbons (Fsp3) is 1.00. The Bertz CT molecular complexity index is 130. The van der Waals surface area contributed by atoms with Crippen molar-refractivity contribution in [3.8, 4) is 0 Å². The number of hydrogen-bond acceptors (Lipinski definition) is 3. The topological polar surface area (TPSA) is 80.4 Å². The third-order valence-electron chi connectivity index (χ3n) is 0.376. The largest absolute Gasteiger partial charge is 0.329 e. The van der Waals surface area contributed by atoms with Gasteiger partial charge >= 0.3 is 0 Å². The Hall–Kier alpha value is 1.51. The van der Waals surface area contributed by atoms with Gasteiger partial charge in [0, 0.05) is 57.9 Å². The number of hydrogen-bond donors (Lipinski definition) is 2. The van der Waals surface area contributed by atoms with Crippen LogP contribution in [0.5, 0.6) is 0 Å². The third kappa shape index (κ3) is 10.5. The van der Waals surface area contributed by atoms with Crippen molar-refractivity contribution in [2.45, 2.75) is 0 Å². The first kappa shape index (κ1) is 12.2. The van der Waals surface area contributed by atoms with Gasteiger partial charge in [-0.25, -0.2) is 0 Å². The van der Waals surface area contributed by atoms with Crippen molar-refractivity contribution >= 4 is 61.5 Å². The van der Waals surface area contributed by atoms with Crippen LogP contribution in [0, 0.1) is 0 Å². The molecule has 0 spiro atoms. The van der Waals surface area contributed by atoms with Gasteiger partial charge < -0.3 is 5.73 Å². The molecule has 0 amide bonds. The second-order valence-electron chi connectivity index (χ2n) is 1.07. The van der Waals surface area contributed by atoms with Crippen LogP contribution in [0.2, 0.25) is 0 Å². The van der Waals surface area contributed by atoms with Crippen LogP contribution in [-0.4, -0.2) is 76.7 Å². The van der Waals surface area contributed by atoms with Gasteiger partial charge in [-0.05, 0) is 0 Å². The molecule has 0 saturated carbocycles. The molecular weight excluding hydrogens is 157 g/mol. The van der Waals surface area contributed by atoms with Crippen LogP contribution >= 0.6 is 0 Å². The molecule has 0 aromatic heterocycles. The van der Waals surface area contributed by atoms with Crippen LogP contribution in [0.3, 0.4) is 0 Å². The summed E-state index contributed by atoms with van der Waals surface area (Å²) in [6.07, 6.45) is 0. The van der Waals surface area contributed by atoms with Crippen LogP contribution in [-0.2, 0) is 10.1 Å². The Balaban J connectivity index is 0. The fourth-order valence-corrected chi connectivity index (χ4v) is 0.447. The molecule has 4 nitrogen and oxygen atoms in total. The van der Waals surface area contributed by atoms with Crippen LogP contribution < -0.4 is 5.73 Å². The summed E-state index contributed by atoms with van der Waals surface area (Å²) in [6, 6.07) is 0. The number of nitrogens with two attached hydrogens (primary N) is 1. The normalized spacial score (nSPS) is 10.2. The van der Waals surface area contributed by atoms with Gasteiger partial charge in [0.25, 0.3) is 10.1 Å². The predicted molar refractivity (Wildman–Crippen MR) is 31.2 cm³/mol. The van der Waals surface area contributed by atoms with Crippen LogP contribution in [0.1, 0.15) is 0 Å². The van der Waals surface area contributed by atoms with Crippen LogP contribution in [0.25, 0.3) is 0 Å². The van der Waals surface area contributed by atoms with Crippen molar-refractivity contribution in [2.75, 3.05) is 12.3 Å². The van der Waals surface area contributed by atoms with Crippen molar-refractivity contribution in [1.29, 1.82) is 0 Å². The van der Waals surface area contributed by atoms with Crippen molar-refractivity contribution < 1.29 is 13.0 Å². The fourth-order valence-electron chi connectivity index (χ4n) is 0.149. The Labute approximate surface area is 91.0 Å². The van der Waals surface area contributed by atoms with E-state index in [0.29, 0.717) is 0 Å². The van der Waals surface area contributed by atoms with Gasteiger partial charge in [-0.1, -0.05) is 0 Å². The Morgan fingerprint density at radius 3 is 1.88 bits per heavy atom. The smallest absolute Gasteiger partial charge is 0.266 e. The summed E-state index contributed by atoms with van der Waals surface area (Å²) >= 11 is 0. The minimum atomic E-state index is -3.80. The zero-order valence-electron chi connectivity index (χ0n) is 4.66. The van der Waals surface area contributed by atoms with Gasteiger partial charge in [0.2, 0.25) is 0 Å². The zero-order valence-corrected chi connectivity index (χ0v) is 8.60. The SMILES string of the molecule is NCCS(=O)(=O)O.[K]. The Morgan fingerprint density at radius 1 is 1.50 bits per heavy atom. The molecule has 0 rings (SSSR count). The van der Waals surface area contributed by atoms with E-state index in [2.05, 4.69) is 0 Å². The van der Waals surface area contributed by atoms with Gasteiger partial charge in [0.15, 0.2) is 0 Å². The molecule has 45 valence electrons. The molecule has 8 heavy (non-hydrogen) atoms. The van der Waals surface area contributed by atoms with Crippen molar-refractivity contribution in [2.24, 2.45) is 5.73 Å². The number of rotatable bonds is 2. The first-order chi connectivity index (χ1) is 3.06. The van der Waals surface area contributed by atoms with Gasteiger partial charge in [0.05, 0.1) is 5.75 Å². The second-order valence-corrected chi connectivity index (χ2v) is 2.65. The minimum absolute atomic E-state index is 0. The van der Waals surface area contributed by atoms with Gasteiger partial charge in [-0.3, -0.25) is 4.55 Å². The molecule has 0 aromatic rings. The molecular formula is C2H7KNO3S. The molecule has 0 aliphatic rings. The van der Waals surface area contributed by atoms with Crippen LogP contribution in [0.15, 0.2) is 0 Å². The molecule has 0 saturated heterocycles. The zero-order chi connectivity index (χ0) is 5.91. The maximum absolute atomic E-state index is 9.71. The second kappa shape index (κ2) is 5.30. The first-order valence-corrected chi connectivity index (χ1v) is 3.32. The Kier molecular flexibility index (Phi) is 8.09. The van der Waals surface area contributed by atoms with E-state index < -0.39 is 10.1 Å². The average molecular weight is 164 g/mol. The monoisotopic (exact) mass is 164 g/mol. The maximum atomic E-state index is 9.71. The summed E-state index contributed by atoms with van der Waals surface area (Å²) in [5.41, 5.74) is 4.78. The van der Waals surface area contributed by atoms with E-state index in [4.69, 9.17) is 10.3 Å². The molecule has 0 bridgehead atoms. The molecule has 0 aliphatic heterocycles. The van der Waals surface area contributed by atoms with E-state index in [1.807, 2.05) is 0 Å². The molecule has 0 fully saturated rings. The minimum Gasteiger partial charge on any atom is -0.329 e. The van der Waals surface area contributed by atoms with Crippen molar-refractivity contribution in [3.05, 3.63) is 0 Å². The summed E-state index contributed by atoms with van der Waals surface area (Å²) in [6.45, 7) is -0.0289. The molecule has 0 unspecified atom stereocenters. The van der Waals surface area contributed by atoms with E-state index in [0.717, 1.165) is 0 Å². The summed E-state index contributed by atoms with van der Waals surface area (Å²) in [5, 5.41) is 0. The van der Waals surface area contributed by atoms with E-state index in [-0.39, 0.29) is 63.7 Å². The predicted octanol–water partition coefficient (Wildman–Crippen LogP) is -1.55. The van der Waals surface area contributed by atoms with E-state index in [1.54, 1.807) is 0 Å². The van der Waals surface area contributed by atoms with Gasteiger partial charge in [-0.2, -0.15) is 8.42 Å². The van der Waals surface area contributed by atoms with E-state index in [9.17, 15) is 8.42 Å². The van der Waals surface area contributed by atoms with Gasteiger partial charge in [0.1, 0.15) is 0 Å². The van der Waals surface area contributed by atoms with E-state index >= 15 is 0 Å². The van der Waals surface area contributed by atoms with Crippen molar-refractivity contribution in [1.82, 2.24) is 0 Å². The van der Waals surface area contributed by atoms with Crippen molar-refractivity contribution in [3.63, 3.8) is 0 Å². The summed E-state index contributed by atoms with van der Waals surface area (Å²) in [5.74, 6) is -0.354. The van der Waals surface area contributed by atoms with Gasteiger partial charge in [-0.15, -0.1) is 0 Å². The average Bonchev–Trinajstić information content (AvgIpc) is 1.30. The molecule has 3 N–H and O–H groups in total. The summed E-state index contributed by atoms with van der Waals surface area (Å²) in [4.78, 5) is 0. The summed E-state index contributed by atoms with van der Waals surface area (Å²) < 4.78 is 27.3. The standard InChI is InChI=1S/C2H7NO3S.K/c3-1-2-7(4,5)6;/h1-3H2,(H,4,5,6);. The quantitative estimate of drug-likeness (QED) is 0.382. The molecule has 0 heterocycles. The van der Waals surface area contributed by atoms with E-state index in [1.165, 1.54) is 0 Å². The molecule has 0 aromatic carbocycles. The summed E-state index contributed by atoms with van der Waals surface area (Å²) in [7, 11) is -3.80. The molecule has 0 atom stereocenters. The van der Waals surface area contributed by atoms with Crippen LogP contribution in [0.4, 0.5) is 0 Å². The molecule has 0 aliphatic carbocycles. The first-order valence-electron chi connectivity index (χ1n) is 1.71. The molecule has 6 heteroatoms.